The van der Waals surface area contributed by atoms with E-state index in [9.17, 15) is 9.59 Å². The zero-order valence-corrected chi connectivity index (χ0v) is 12.6. The highest BCUT2D eigenvalue weighted by Gasteiger charge is 1.96. The predicted octanol–water partition coefficient (Wildman–Crippen LogP) is 3.77. The molecule has 4 heteroatoms. The lowest BCUT2D eigenvalue weighted by molar-refractivity contribution is -0.115. The van der Waals surface area contributed by atoms with E-state index in [0.717, 1.165) is 22.5 Å². The van der Waals surface area contributed by atoms with E-state index in [4.69, 9.17) is 0 Å². The number of carbonyl (C=O) groups is 2. The van der Waals surface area contributed by atoms with E-state index < -0.39 is 0 Å². The van der Waals surface area contributed by atoms with Crippen LogP contribution in [0.3, 0.4) is 0 Å². The molecule has 0 aromatic heterocycles. The van der Waals surface area contributed by atoms with Crippen LogP contribution in [-0.2, 0) is 9.59 Å². The minimum Gasteiger partial charge on any atom is -0.326 e. The molecule has 0 aliphatic heterocycles. The summed E-state index contributed by atoms with van der Waals surface area (Å²) in [6.45, 7) is 2.97. The van der Waals surface area contributed by atoms with Gasteiger partial charge >= 0.3 is 0 Å². The molecule has 0 unspecified atom stereocenters. The molecular formula is C18H18N2O2. The average molecular weight is 294 g/mol. The Morgan fingerprint density at radius 2 is 1.00 bits per heavy atom. The fraction of sp³-hybridized carbons (Fsp3) is 0.111. The normalized spacial score (nSPS) is 10.5. The Hall–Kier alpha value is -2.88. The molecule has 112 valence electrons. The number of carbonyl (C=O) groups excluding carboxylic acids is 2. The van der Waals surface area contributed by atoms with E-state index >= 15 is 0 Å². The molecule has 0 bridgehead atoms. The van der Waals surface area contributed by atoms with Gasteiger partial charge in [-0.15, -0.1) is 0 Å². The molecule has 0 saturated carbocycles. The fourth-order valence-corrected chi connectivity index (χ4v) is 1.95. The smallest absolute Gasteiger partial charge is 0.221 e. The molecule has 2 amide bonds. The zero-order chi connectivity index (χ0) is 15.9. The SMILES string of the molecule is CC(=O)Nc1ccc(/C=C\c2ccc(NC(C)=O)cc2)cc1. The van der Waals surface area contributed by atoms with Gasteiger partial charge in [-0.05, 0) is 35.4 Å². The Balaban J connectivity index is 2.01. The summed E-state index contributed by atoms with van der Waals surface area (Å²) in [4.78, 5) is 21.9. The van der Waals surface area contributed by atoms with Crippen molar-refractivity contribution in [3.63, 3.8) is 0 Å². The number of nitrogens with one attached hydrogen (secondary N) is 2. The molecule has 0 spiro atoms. The first kappa shape index (κ1) is 15.5. The van der Waals surface area contributed by atoms with Crippen molar-refractivity contribution in [2.45, 2.75) is 13.8 Å². The summed E-state index contributed by atoms with van der Waals surface area (Å²) in [6.07, 6.45) is 3.98. The molecule has 0 atom stereocenters. The summed E-state index contributed by atoms with van der Waals surface area (Å²) < 4.78 is 0. The molecule has 2 rings (SSSR count). The van der Waals surface area contributed by atoms with Crippen molar-refractivity contribution in [1.82, 2.24) is 0 Å². The van der Waals surface area contributed by atoms with Gasteiger partial charge in [-0.2, -0.15) is 0 Å². The number of hydrogen-bond donors (Lipinski definition) is 2. The molecule has 4 nitrogen and oxygen atoms in total. The highest BCUT2D eigenvalue weighted by molar-refractivity contribution is 5.89. The molecule has 0 fully saturated rings. The summed E-state index contributed by atoms with van der Waals surface area (Å²) in [5.41, 5.74) is 3.65. The van der Waals surface area contributed by atoms with Crippen LogP contribution in [0.5, 0.6) is 0 Å². The summed E-state index contributed by atoms with van der Waals surface area (Å²) in [6, 6.07) is 15.2. The van der Waals surface area contributed by atoms with E-state index in [1.54, 1.807) is 0 Å². The van der Waals surface area contributed by atoms with Gasteiger partial charge in [-0.1, -0.05) is 36.4 Å². The second-order valence-corrected chi connectivity index (χ2v) is 4.94. The van der Waals surface area contributed by atoms with Crippen molar-refractivity contribution in [3.05, 3.63) is 59.7 Å². The lowest BCUT2D eigenvalue weighted by Gasteiger charge is -2.03. The average Bonchev–Trinajstić information content (AvgIpc) is 2.47. The van der Waals surface area contributed by atoms with Crippen LogP contribution in [0.15, 0.2) is 48.5 Å². The van der Waals surface area contributed by atoms with E-state index in [-0.39, 0.29) is 11.8 Å². The monoisotopic (exact) mass is 294 g/mol. The number of hydrogen-bond acceptors (Lipinski definition) is 2. The van der Waals surface area contributed by atoms with Gasteiger partial charge in [-0.25, -0.2) is 0 Å². The summed E-state index contributed by atoms with van der Waals surface area (Å²) in [5, 5.41) is 5.46. The van der Waals surface area contributed by atoms with Crippen molar-refractivity contribution < 1.29 is 9.59 Å². The van der Waals surface area contributed by atoms with E-state index in [0.29, 0.717) is 0 Å². The predicted molar refractivity (Wildman–Crippen MR) is 90.4 cm³/mol. The minimum atomic E-state index is -0.0810. The summed E-state index contributed by atoms with van der Waals surface area (Å²) in [5.74, 6) is -0.162. The number of rotatable bonds is 4. The van der Waals surface area contributed by atoms with Crippen LogP contribution >= 0.6 is 0 Å². The lowest BCUT2D eigenvalue weighted by atomic mass is 10.1. The number of anilines is 2. The first-order valence-electron chi connectivity index (χ1n) is 6.96. The second-order valence-electron chi connectivity index (χ2n) is 4.94. The van der Waals surface area contributed by atoms with Crippen LogP contribution < -0.4 is 10.6 Å². The first-order valence-corrected chi connectivity index (χ1v) is 6.96. The van der Waals surface area contributed by atoms with Crippen molar-refractivity contribution in [1.29, 1.82) is 0 Å². The lowest BCUT2D eigenvalue weighted by Crippen LogP contribution is -2.05. The summed E-state index contributed by atoms with van der Waals surface area (Å²) in [7, 11) is 0. The van der Waals surface area contributed by atoms with Crippen LogP contribution in [0, 0.1) is 0 Å². The van der Waals surface area contributed by atoms with Gasteiger partial charge in [-0.3, -0.25) is 9.59 Å². The maximum absolute atomic E-state index is 11.0. The van der Waals surface area contributed by atoms with Crippen LogP contribution in [0.25, 0.3) is 12.2 Å². The molecule has 2 aromatic carbocycles. The molecule has 0 radical (unpaired) electrons. The molecule has 0 aliphatic rings. The first-order chi connectivity index (χ1) is 10.5. The van der Waals surface area contributed by atoms with Gasteiger partial charge in [0.25, 0.3) is 0 Å². The summed E-state index contributed by atoms with van der Waals surface area (Å²) >= 11 is 0. The quantitative estimate of drug-likeness (QED) is 0.843. The fourth-order valence-electron chi connectivity index (χ4n) is 1.95. The molecule has 0 aliphatic carbocycles. The topological polar surface area (TPSA) is 58.2 Å². The zero-order valence-electron chi connectivity index (χ0n) is 12.6. The van der Waals surface area contributed by atoms with Gasteiger partial charge in [0.1, 0.15) is 0 Å². The highest BCUT2D eigenvalue weighted by atomic mass is 16.2. The van der Waals surface area contributed by atoms with Gasteiger partial charge in [0.05, 0.1) is 0 Å². The van der Waals surface area contributed by atoms with Gasteiger partial charge in [0.15, 0.2) is 0 Å². The van der Waals surface area contributed by atoms with Crippen LogP contribution in [0.1, 0.15) is 25.0 Å². The van der Waals surface area contributed by atoms with Crippen molar-refractivity contribution in [3.8, 4) is 0 Å². The minimum absolute atomic E-state index is 0.0810. The van der Waals surface area contributed by atoms with Gasteiger partial charge < -0.3 is 10.6 Å². The molecule has 0 heterocycles. The molecule has 0 saturated heterocycles. The van der Waals surface area contributed by atoms with Gasteiger partial charge in [0.2, 0.25) is 11.8 Å². The van der Waals surface area contributed by atoms with E-state index in [1.807, 2.05) is 60.7 Å². The maximum atomic E-state index is 11.0. The Labute approximate surface area is 129 Å². The Morgan fingerprint density at radius 1 is 0.682 bits per heavy atom. The van der Waals surface area contributed by atoms with Crippen molar-refractivity contribution in [2.75, 3.05) is 10.6 Å². The van der Waals surface area contributed by atoms with Crippen LogP contribution in [-0.4, -0.2) is 11.8 Å². The van der Waals surface area contributed by atoms with Crippen LogP contribution in [0.4, 0.5) is 11.4 Å². The Kier molecular flexibility index (Phi) is 5.09. The maximum Gasteiger partial charge on any atom is 0.221 e. The molecule has 2 N–H and O–H groups in total. The third kappa shape index (κ3) is 4.90. The number of benzene rings is 2. The Bertz CT molecular complexity index is 625. The van der Waals surface area contributed by atoms with Crippen molar-refractivity contribution >= 4 is 35.3 Å². The second kappa shape index (κ2) is 7.22. The molecule has 2 aromatic rings. The van der Waals surface area contributed by atoms with Crippen molar-refractivity contribution in [2.24, 2.45) is 0 Å². The number of amides is 2. The molecular weight excluding hydrogens is 276 g/mol. The van der Waals surface area contributed by atoms with E-state index in [2.05, 4.69) is 10.6 Å². The largest absolute Gasteiger partial charge is 0.326 e. The third-order valence-electron chi connectivity index (χ3n) is 2.93. The van der Waals surface area contributed by atoms with Gasteiger partial charge in [0, 0.05) is 25.2 Å². The third-order valence-corrected chi connectivity index (χ3v) is 2.93. The van der Waals surface area contributed by atoms with Crippen LogP contribution in [0.2, 0.25) is 0 Å². The standard InChI is InChI=1S/C18H18N2O2/c1-13(21)19-17-9-5-15(6-10-17)3-4-16-7-11-18(12-8-16)20-14(2)22/h3-12H,1-2H3,(H,19,21)(H,20,22)/b4-3-. The highest BCUT2D eigenvalue weighted by Crippen LogP contribution is 2.14. The Morgan fingerprint density at radius 3 is 1.27 bits per heavy atom. The molecule has 22 heavy (non-hydrogen) atoms. The van der Waals surface area contributed by atoms with E-state index in [1.165, 1.54) is 13.8 Å².